The fourth-order valence-corrected chi connectivity index (χ4v) is 1.43. The number of amides is 1. The highest BCUT2D eigenvalue weighted by atomic mass is 16.6. The van der Waals surface area contributed by atoms with Gasteiger partial charge in [-0.05, 0) is 26.8 Å². The number of ether oxygens (including phenoxy) is 1. The molecule has 0 fully saturated rings. The van der Waals surface area contributed by atoms with Crippen molar-refractivity contribution in [3.05, 3.63) is 34.2 Å². The second-order valence-electron chi connectivity index (χ2n) is 5.18. The molecule has 0 saturated heterocycles. The van der Waals surface area contributed by atoms with Crippen molar-refractivity contribution >= 4 is 12.1 Å². The molecular weight excluding hydrogens is 264 g/mol. The molecule has 0 radical (unpaired) electrons. The number of nitrogens with one attached hydrogen (secondary N) is 1. The zero-order valence-corrected chi connectivity index (χ0v) is 11.7. The van der Waals surface area contributed by atoms with E-state index < -0.39 is 17.7 Å². The summed E-state index contributed by atoms with van der Waals surface area (Å²) in [5.41, 5.74) is -0.910. The normalized spacial score (nSPS) is 10.9. The van der Waals surface area contributed by atoms with Crippen LogP contribution in [0.25, 0.3) is 0 Å². The van der Waals surface area contributed by atoms with Crippen molar-refractivity contribution in [2.45, 2.75) is 32.9 Å². The molecule has 1 aromatic rings. The van der Waals surface area contributed by atoms with Gasteiger partial charge in [0.25, 0.3) is 5.56 Å². The van der Waals surface area contributed by atoms with Gasteiger partial charge in [-0.25, -0.2) is 9.59 Å². The summed E-state index contributed by atoms with van der Waals surface area (Å²) in [4.78, 5) is 33.7. The predicted molar refractivity (Wildman–Crippen MR) is 71.9 cm³/mol. The van der Waals surface area contributed by atoms with Crippen LogP contribution in [0.2, 0.25) is 0 Å². The van der Waals surface area contributed by atoms with Gasteiger partial charge in [-0.3, -0.25) is 4.79 Å². The van der Waals surface area contributed by atoms with Crippen molar-refractivity contribution in [3.63, 3.8) is 0 Å². The van der Waals surface area contributed by atoms with E-state index in [0.29, 0.717) is 0 Å². The van der Waals surface area contributed by atoms with Crippen LogP contribution in [-0.4, -0.2) is 33.9 Å². The summed E-state index contributed by atoms with van der Waals surface area (Å²) in [6, 6.07) is 2.42. The molecule has 0 aliphatic carbocycles. The molecule has 0 aliphatic heterocycles. The van der Waals surface area contributed by atoms with Crippen LogP contribution >= 0.6 is 0 Å². The molecule has 7 heteroatoms. The van der Waals surface area contributed by atoms with E-state index in [4.69, 9.17) is 9.84 Å². The maximum atomic E-state index is 11.5. The molecule has 20 heavy (non-hydrogen) atoms. The van der Waals surface area contributed by atoms with Crippen LogP contribution < -0.4 is 10.9 Å². The number of carbonyl (C=O) groups excluding carboxylic acids is 1. The lowest BCUT2D eigenvalue weighted by Crippen LogP contribution is -2.35. The van der Waals surface area contributed by atoms with E-state index in [1.807, 2.05) is 0 Å². The molecule has 0 unspecified atom stereocenters. The molecule has 0 aromatic carbocycles. The molecule has 2 N–H and O–H groups in total. The molecule has 1 heterocycles. The number of carbonyl (C=O) groups is 2. The number of carboxylic acid groups (broad SMARTS) is 1. The van der Waals surface area contributed by atoms with Gasteiger partial charge < -0.3 is 19.7 Å². The van der Waals surface area contributed by atoms with Crippen LogP contribution in [0.15, 0.2) is 23.1 Å². The highest BCUT2D eigenvalue weighted by Crippen LogP contribution is 2.06. The van der Waals surface area contributed by atoms with Gasteiger partial charge in [0.2, 0.25) is 0 Å². The number of nitrogens with zero attached hydrogens (tertiary/aromatic N) is 1. The molecular formula is C13H18N2O5. The topological polar surface area (TPSA) is 97.6 Å². The molecule has 0 aliphatic rings. The van der Waals surface area contributed by atoms with Crippen molar-refractivity contribution in [1.29, 1.82) is 0 Å². The molecule has 0 saturated carbocycles. The maximum absolute atomic E-state index is 11.5. The lowest BCUT2D eigenvalue weighted by atomic mass is 10.2. The summed E-state index contributed by atoms with van der Waals surface area (Å²) in [6.07, 6.45) is 0.654. The van der Waals surface area contributed by atoms with Gasteiger partial charge in [-0.1, -0.05) is 0 Å². The van der Waals surface area contributed by atoms with Crippen molar-refractivity contribution < 1.29 is 19.4 Å². The van der Waals surface area contributed by atoms with Crippen molar-refractivity contribution in [2.75, 3.05) is 6.54 Å². The van der Waals surface area contributed by atoms with Crippen molar-refractivity contribution in [3.8, 4) is 0 Å². The van der Waals surface area contributed by atoms with Gasteiger partial charge in [-0.15, -0.1) is 0 Å². The third kappa shape index (κ3) is 5.13. The Bertz CT molecular complexity index is 557. The molecule has 0 bridgehead atoms. The Morgan fingerprint density at radius 1 is 1.35 bits per heavy atom. The number of alkyl carbamates (subject to hydrolysis) is 1. The average Bonchev–Trinajstić information content (AvgIpc) is 2.28. The minimum absolute atomic E-state index is 0.0156. The quantitative estimate of drug-likeness (QED) is 0.861. The van der Waals surface area contributed by atoms with E-state index in [1.54, 1.807) is 20.8 Å². The zero-order chi connectivity index (χ0) is 15.3. The molecule has 1 rings (SSSR count). The highest BCUT2D eigenvalue weighted by molar-refractivity contribution is 5.87. The van der Waals surface area contributed by atoms with Gasteiger partial charge in [0.05, 0.1) is 5.56 Å². The van der Waals surface area contributed by atoms with Crippen LogP contribution in [-0.2, 0) is 11.3 Å². The maximum Gasteiger partial charge on any atom is 0.407 e. The number of aromatic nitrogens is 1. The third-order valence-corrected chi connectivity index (χ3v) is 2.25. The summed E-state index contributed by atoms with van der Waals surface area (Å²) in [5.74, 6) is -1.11. The largest absolute Gasteiger partial charge is 0.478 e. The number of rotatable bonds is 4. The zero-order valence-electron chi connectivity index (χ0n) is 11.7. The van der Waals surface area contributed by atoms with E-state index in [1.165, 1.54) is 22.9 Å². The number of hydrogen-bond acceptors (Lipinski definition) is 4. The standard InChI is InChI=1S/C13H18N2O5/c1-13(2,3)20-12(19)14-6-7-15-8-9(11(17)18)4-5-10(15)16/h4-5,8H,6-7H2,1-3H3,(H,14,19)(H,17,18). The summed E-state index contributed by atoms with van der Waals surface area (Å²) in [7, 11) is 0. The van der Waals surface area contributed by atoms with E-state index in [2.05, 4.69) is 5.32 Å². The van der Waals surface area contributed by atoms with E-state index in [0.717, 1.165) is 0 Å². The first-order chi connectivity index (χ1) is 9.19. The lowest BCUT2D eigenvalue weighted by molar-refractivity contribution is 0.0525. The predicted octanol–water partition coefficient (Wildman–Crippen LogP) is 1.07. The Labute approximate surface area is 116 Å². The minimum atomic E-state index is -1.11. The monoisotopic (exact) mass is 282 g/mol. The molecule has 110 valence electrons. The smallest absolute Gasteiger partial charge is 0.407 e. The first-order valence-corrected chi connectivity index (χ1v) is 6.10. The molecule has 0 spiro atoms. The summed E-state index contributed by atoms with van der Waals surface area (Å²) < 4.78 is 6.26. The molecule has 1 amide bonds. The Morgan fingerprint density at radius 3 is 2.55 bits per heavy atom. The Balaban J connectivity index is 2.58. The Kier molecular flexibility index (Phi) is 4.90. The molecule has 0 atom stereocenters. The van der Waals surface area contributed by atoms with E-state index in [-0.39, 0.29) is 24.2 Å². The van der Waals surface area contributed by atoms with Crippen LogP contribution in [0.4, 0.5) is 4.79 Å². The number of hydrogen-bond donors (Lipinski definition) is 2. The fourth-order valence-electron chi connectivity index (χ4n) is 1.43. The van der Waals surface area contributed by atoms with Gasteiger partial charge in [-0.2, -0.15) is 0 Å². The second-order valence-corrected chi connectivity index (χ2v) is 5.18. The fraction of sp³-hybridized carbons (Fsp3) is 0.462. The third-order valence-electron chi connectivity index (χ3n) is 2.25. The highest BCUT2D eigenvalue weighted by Gasteiger charge is 2.15. The minimum Gasteiger partial charge on any atom is -0.478 e. The summed E-state index contributed by atoms with van der Waals surface area (Å²) in [5, 5.41) is 11.3. The number of carboxylic acids is 1. The average molecular weight is 282 g/mol. The molecule has 7 nitrogen and oxygen atoms in total. The van der Waals surface area contributed by atoms with Gasteiger partial charge in [0, 0.05) is 25.4 Å². The van der Waals surface area contributed by atoms with Crippen molar-refractivity contribution in [1.82, 2.24) is 9.88 Å². The van der Waals surface area contributed by atoms with Crippen LogP contribution in [0.1, 0.15) is 31.1 Å². The Morgan fingerprint density at radius 2 is 2.00 bits per heavy atom. The van der Waals surface area contributed by atoms with Gasteiger partial charge >= 0.3 is 12.1 Å². The van der Waals surface area contributed by atoms with Crippen LogP contribution in [0, 0.1) is 0 Å². The van der Waals surface area contributed by atoms with Gasteiger partial charge in [0.1, 0.15) is 5.60 Å². The van der Waals surface area contributed by atoms with Crippen molar-refractivity contribution in [2.24, 2.45) is 0 Å². The Hall–Kier alpha value is -2.31. The van der Waals surface area contributed by atoms with Crippen LogP contribution in [0.3, 0.4) is 0 Å². The first kappa shape index (κ1) is 15.7. The number of pyridine rings is 1. The van der Waals surface area contributed by atoms with E-state index in [9.17, 15) is 14.4 Å². The first-order valence-electron chi connectivity index (χ1n) is 6.10. The van der Waals surface area contributed by atoms with Gasteiger partial charge in [0.15, 0.2) is 0 Å². The second kappa shape index (κ2) is 6.23. The SMILES string of the molecule is CC(C)(C)OC(=O)NCCn1cc(C(=O)O)ccc1=O. The van der Waals surface area contributed by atoms with Crippen LogP contribution in [0.5, 0.6) is 0 Å². The summed E-state index contributed by atoms with van der Waals surface area (Å²) >= 11 is 0. The molecule has 1 aromatic heterocycles. The lowest BCUT2D eigenvalue weighted by Gasteiger charge is -2.19. The number of aromatic carboxylic acids is 1. The summed E-state index contributed by atoms with van der Waals surface area (Å²) in [6.45, 7) is 5.56. The van der Waals surface area contributed by atoms with E-state index >= 15 is 0 Å².